The van der Waals surface area contributed by atoms with Gasteiger partial charge in [0, 0.05) is 18.2 Å². The Morgan fingerprint density at radius 2 is 2.00 bits per heavy atom. The Morgan fingerprint density at radius 1 is 1.20 bits per heavy atom. The van der Waals surface area contributed by atoms with Gasteiger partial charge in [-0.3, -0.25) is 0 Å². The third-order valence-corrected chi connectivity index (χ3v) is 4.07. The highest BCUT2D eigenvalue weighted by Crippen LogP contribution is 2.29. The van der Waals surface area contributed by atoms with Crippen molar-refractivity contribution in [3.63, 3.8) is 0 Å². The monoisotopic (exact) mass is 333 g/mol. The van der Waals surface area contributed by atoms with Crippen LogP contribution in [0.15, 0.2) is 42.5 Å². The van der Waals surface area contributed by atoms with Gasteiger partial charge in [0.15, 0.2) is 5.82 Å². The van der Waals surface area contributed by atoms with Gasteiger partial charge in [0.2, 0.25) is 0 Å². The molecule has 0 aliphatic carbocycles. The predicted octanol–water partition coefficient (Wildman–Crippen LogP) is 4.14. The van der Waals surface area contributed by atoms with E-state index in [1.54, 1.807) is 26.4 Å². The maximum absolute atomic E-state index is 9.71. The van der Waals surface area contributed by atoms with E-state index in [0.29, 0.717) is 22.9 Å². The van der Waals surface area contributed by atoms with Crippen LogP contribution >= 0.6 is 0 Å². The number of aryl methyl sites for hydroxylation is 1. The van der Waals surface area contributed by atoms with Crippen molar-refractivity contribution >= 4 is 22.7 Å². The second-order valence-electron chi connectivity index (χ2n) is 5.45. The number of ether oxygens (including phenoxy) is 2. The lowest BCUT2D eigenvalue weighted by atomic mass is 10.1. The van der Waals surface area contributed by atoms with E-state index in [4.69, 9.17) is 9.47 Å². The predicted molar refractivity (Wildman–Crippen MR) is 98.4 cm³/mol. The van der Waals surface area contributed by atoms with E-state index >= 15 is 0 Å². The van der Waals surface area contributed by atoms with Crippen LogP contribution in [0.5, 0.6) is 11.5 Å². The summed E-state index contributed by atoms with van der Waals surface area (Å²) in [7, 11) is 3.20. The van der Waals surface area contributed by atoms with Gasteiger partial charge in [0.1, 0.15) is 17.6 Å². The van der Waals surface area contributed by atoms with Crippen molar-refractivity contribution in [3.8, 4) is 17.6 Å². The highest BCUT2D eigenvalue weighted by Gasteiger charge is 2.14. The summed E-state index contributed by atoms with van der Waals surface area (Å²) in [6, 6.07) is 15.7. The van der Waals surface area contributed by atoms with Crippen LogP contribution in [0.4, 0.5) is 0 Å². The average molecular weight is 333 g/mol. The largest absolute Gasteiger partial charge is 0.497 e. The molecule has 1 heterocycles. The van der Waals surface area contributed by atoms with E-state index in [-0.39, 0.29) is 0 Å². The first-order valence-electron chi connectivity index (χ1n) is 8.01. The van der Waals surface area contributed by atoms with Crippen molar-refractivity contribution in [1.82, 2.24) is 9.55 Å². The van der Waals surface area contributed by atoms with Gasteiger partial charge in [-0.1, -0.05) is 12.1 Å². The Bertz CT molecular complexity index is 980. The van der Waals surface area contributed by atoms with Crippen LogP contribution in [0.2, 0.25) is 0 Å². The Kier molecular flexibility index (Phi) is 4.71. The molecule has 0 unspecified atom stereocenters. The second kappa shape index (κ2) is 7.10. The molecule has 0 amide bonds. The van der Waals surface area contributed by atoms with Gasteiger partial charge in [0.25, 0.3) is 0 Å². The number of para-hydroxylation sites is 2. The topological polar surface area (TPSA) is 60.1 Å². The average Bonchev–Trinajstić information content (AvgIpc) is 3.04. The smallest absolute Gasteiger partial charge is 0.151 e. The zero-order chi connectivity index (χ0) is 17.8. The van der Waals surface area contributed by atoms with Crippen molar-refractivity contribution in [3.05, 3.63) is 53.9 Å². The molecule has 5 nitrogen and oxygen atoms in total. The van der Waals surface area contributed by atoms with Crippen LogP contribution < -0.4 is 9.47 Å². The van der Waals surface area contributed by atoms with Crippen molar-refractivity contribution in [1.29, 1.82) is 5.26 Å². The van der Waals surface area contributed by atoms with Crippen molar-refractivity contribution in [2.45, 2.75) is 13.5 Å². The fourth-order valence-electron chi connectivity index (χ4n) is 2.84. The van der Waals surface area contributed by atoms with E-state index in [1.165, 1.54) is 0 Å². The molecule has 5 heteroatoms. The molecular weight excluding hydrogens is 314 g/mol. The van der Waals surface area contributed by atoms with Gasteiger partial charge < -0.3 is 14.0 Å². The number of benzene rings is 2. The molecule has 2 aromatic carbocycles. The lowest BCUT2D eigenvalue weighted by molar-refractivity contribution is 0.394. The molecule has 0 fully saturated rings. The zero-order valence-corrected chi connectivity index (χ0v) is 14.5. The number of nitriles is 1. The number of methoxy groups -OCH3 is 2. The maximum Gasteiger partial charge on any atom is 0.151 e. The molecule has 0 aliphatic heterocycles. The number of rotatable bonds is 5. The van der Waals surface area contributed by atoms with Crippen molar-refractivity contribution in [2.75, 3.05) is 14.2 Å². The van der Waals surface area contributed by atoms with Crippen LogP contribution in [0.1, 0.15) is 18.3 Å². The van der Waals surface area contributed by atoms with E-state index in [2.05, 4.69) is 11.1 Å². The minimum absolute atomic E-state index is 0.488. The van der Waals surface area contributed by atoms with Crippen LogP contribution in [0, 0.1) is 11.3 Å². The normalized spacial score (nSPS) is 11.4. The van der Waals surface area contributed by atoms with Gasteiger partial charge in [-0.2, -0.15) is 5.26 Å². The highest BCUT2D eigenvalue weighted by molar-refractivity contribution is 5.91. The molecule has 0 saturated carbocycles. The minimum Gasteiger partial charge on any atom is -0.497 e. The van der Waals surface area contributed by atoms with E-state index in [9.17, 15) is 5.26 Å². The third kappa shape index (κ3) is 3.07. The summed E-state index contributed by atoms with van der Waals surface area (Å²) >= 11 is 0. The molecule has 0 atom stereocenters. The molecule has 3 rings (SSSR count). The standard InChI is InChI=1S/C20H19N3O2/c1-4-23-18-8-6-5-7-17(18)22-20(23)15(13-21)11-14-9-10-16(24-2)12-19(14)25-3/h5-12H,4H2,1-3H3/b15-11-. The number of imidazole rings is 1. The first kappa shape index (κ1) is 16.6. The SMILES string of the molecule is CCn1c(/C(C#N)=C\c2ccc(OC)cc2OC)nc2ccccc21. The Hall–Kier alpha value is -3.26. The lowest BCUT2D eigenvalue weighted by Crippen LogP contribution is -2.00. The highest BCUT2D eigenvalue weighted by atomic mass is 16.5. The van der Waals surface area contributed by atoms with E-state index in [1.807, 2.05) is 47.9 Å². The zero-order valence-electron chi connectivity index (χ0n) is 14.5. The van der Waals surface area contributed by atoms with Crippen LogP contribution in [-0.2, 0) is 6.54 Å². The number of fused-ring (bicyclic) bond motifs is 1. The van der Waals surface area contributed by atoms with Crippen LogP contribution in [0.3, 0.4) is 0 Å². The maximum atomic E-state index is 9.71. The Balaban J connectivity index is 2.16. The molecule has 3 aromatic rings. The van der Waals surface area contributed by atoms with Crippen LogP contribution in [0.25, 0.3) is 22.7 Å². The number of hydrogen-bond acceptors (Lipinski definition) is 4. The summed E-state index contributed by atoms with van der Waals surface area (Å²) in [6.45, 7) is 2.77. The lowest BCUT2D eigenvalue weighted by Gasteiger charge is -2.09. The molecule has 0 bridgehead atoms. The Labute approximate surface area is 146 Å². The first-order valence-corrected chi connectivity index (χ1v) is 8.01. The third-order valence-electron chi connectivity index (χ3n) is 4.07. The van der Waals surface area contributed by atoms with Crippen molar-refractivity contribution in [2.24, 2.45) is 0 Å². The summed E-state index contributed by atoms with van der Waals surface area (Å²) < 4.78 is 12.7. The van der Waals surface area contributed by atoms with Crippen LogP contribution in [-0.4, -0.2) is 23.8 Å². The quantitative estimate of drug-likeness (QED) is 0.659. The van der Waals surface area contributed by atoms with Gasteiger partial charge in [-0.25, -0.2) is 4.98 Å². The molecule has 0 spiro atoms. The second-order valence-corrected chi connectivity index (χ2v) is 5.45. The summed E-state index contributed by atoms with van der Waals surface area (Å²) in [5.74, 6) is 2.00. The van der Waals surface area contributed by atoms with Crippen molar-refractivity contribution < 1.29 is 9.47 Å². The number of aromatic nitrogens is 2. The number of nitrogens with zero attached hydrogens (tertiary/aromatic N) is 3. The number of hydrogen-bond donors (Lipinski definition) is 0. The van der Waals surface area contributed by atoms with Gasteiger partial charge in [-0.05, 0) is 37.3 Å². The van der Waals surface area contributed by atoms with Gasteiger partial charge in [0.05, 0.1) is 30.8 Å². The summed E-state index contributed by atoms with van der Waals surface area (Å²) in [6.07, 6.45) is 1.80. The summed E-state index contributed by atoms with van der Waals surface area (Å²) in [5, 5.41) is 9.71. The molecule has 0 radical (unpaired) electrons. The fraction of sp³-hybridized carbons (Fsp3) is 0.200. The molecule has 0 N–H and O–H groups in total. The van der Waals surface area contributed by atoms with Gasteiger partial charge in [-0.15, -0.1) is 0 Å². The van der Waals surface area contributed by atoms with E-state index in [0.717, 1.165) is 23.1 Å². The Morgan fingerprint density at radius 3 is 2.68 bits per heavy atom. The minimum atomic E-state index is 0.488. The summed E-state index contributed by atoms with van der Waals surface area (Å²) in [4.78, 5) is 4.65. The number of allylic oxidation sites excluding steroid dienone is 1. The molecule has 1 aromatic heterocycles. The first-order chi connectivity index (χ1) is 12.2. The molecule has 0 aliphatic rings. The molecule has 126 valence electrons. The van der Waals surface area contributed by atoms with E-state index < -0.39 is 0 Å². The molecule has 25 heavy (non-hydrogen) atoms. The molecular formula is C20H19N3O2. The summed E-state index contributed by atoms with van der Waals surface area (Å²) in [5.41, 5.74) is 3.18. The fourth-order valence-corrected chi connectivity index (χ4v) is 2.84. The van der Waals surface area contributed by atoms with Gasteiger partial charge >= 0.3 is 0 Å². The molecule has 0 saturated heterocycles.